The fourth-order valence-electron chi connectivity index (χ4n) is 3.57. The first-order chi connectivity index (χ1) is 15.2. The molecule has 0 N–H and O–H groups in total. The third-order valence-corrected chi connectivity index (χ3v) is 5.98. The van der Waals surface area contributed by atoms with E-state index in [1.54, 1.807) is 4.90 Å². The zero-order valence-corrected chi connectivity index (χ0v) is 20.4. The summed E-state index contributed by atoms with van der Waals surface area (Å²) in [6, 6.07) is 18.1. The van der Waals surface area contributed by atoms with Crippen LogP contribution in [0.2, 0.25) is 0 Å². The molecule has 6 heteroatoms. The van der Waals surface area contributed by atoms with Crippen LogP contribution in [-0.2, 0) is 16.1 Å². The van der Waals surface area contributed by atoms with E-state index < -0.39 is 11.7 Å². The van der Waals surface area contributed by atoms with Crippen LogP contribution < -0.4 is 9.64 Å². The van der Waals surface area contributed by atoms with Gasteiger partial charge in [0, 0.05) is 21.3 Å². The first-order valence-electron chi connectivity index (χ1n) is 10.7. The molecule has 5 nitrogen and oxygen atoms in total. The summed E-state index contributed by atoms with van der Waals surface area (Å²) < 4.78 is 18.3. The van der Waals surface area contributed by atoms with Gasteiger partial charge in [0.25, 0.3) is 0 Å². The number of benzene rings is 3. The van der Waals surface area contributed by atoms with Crippen LogP contribution in [-0.4, -0.2) is 30.9 Å². The Hall–Kier alpha value is -2.57. The zero-order valence-electron chi connectivity index (χ0n) is 18.9. The SMILES string of the molecule is Cc1cccc2c(OCc3ccccc3)cc(N(C[C@@H]3CO3)C(=O)OC(C)(C)C)c(Br)c12. The average molecular weight is 498 g/mol. The van der Waals surface area contributed by atoms with E-state index in [4.69, 9.17) is 14.2 Å². The Morgan fingerprint density at radius 2 is 1.88 bits per heavy atom. The van der Waals surface area contributed by atoms with Gasteiger partial charge in [-0.25, -0.2) is 4.79 Å². The molecule has 0 aromatic heterocycles. The molecule has 168 valence electrons. The van der Waals surface area contributed by atoms with Crippen molar-refractivity contribution in [2.45, 2.75) is 46.0 Å². The molecule has 1 fully saturated rings. The first kappa shape index (κ1) is 22.6. The highest BCUT2D eigenvalue weighted by atomic mass is 79.9. The van der Waals surface area contributed by atoms with E-state index in [0.717, 1.165) is 32.1 Å². The van der Waals surface area contributed by atoms with Crippen LogP contribution in [0.1, 0.15) is 31.9 Å². The largest absolute Gasteiger partial charge is 0.488 e. The highest BCUT2D eigenvalue weighted by Crippen LogP contribution is 2.42. The lowest BCUT2D eigenvalue weighted by Crippen LogP contribution is -2.39. The Bertz CT molecular complexity index is 1120. The number of amides is 1. The molecule has 1 saturated heterocycles. The van der Waals surface area contributed by atoms with Gasteiger partial charge in [0.15, 0.2) is 0 Å². The number of carbonyl (C=O) groups excluding carboxylic acids is 1. The average Bonchev–Trinajstić information content (AvgIpc) is 3.55. The molecule has 1 heterocycles. The second-order valence-corrected chi connectivity index (χ2v) is 9.82. The molecule has 4 rings (SSSR count). The molecule has 32 heavy (non-hydrogen) atoms. The number of epoxide rings is 1. The van der Waals surface area contributed by atoms with Crippen LogP contribution in [0, 0.1) is 6.92 Å². The van der Waals surface area contributed by atoms with Crippen molar-refractivity contribution in [1.82, 2.24) is 0 Å². The number of aryl methyl sites for hydroxylation is 1. The van der Waals surface area contributed by atoms with Gasteiger partial charge in [-0.15, -0.1) is 0 Å². The molecule has 0 radical (unpaired) electrons. The van der Waals surface area contributed by atoms with Crippen molar-refractivity contribution >= 4 is 38.5 Å². The number of halogens is 1. The number of rotatable bonds is 6. The summed E-state index contributed by atoms with van der Waals surface area (Å²) in [5.74, 6) is 0.719. The maximum Gasteiger partial charge on any atom is 0.414 e. The summed E-state index contributed by atoms with van der Waals surface area (Å²) in [5, 5.41) is 2.00. The quantitative estimate of drug-likeness (QED) is 0.358. The van der Waals surface area contributed by atoms with Crippen LogP contribution in [0.25, 0.3) is 10.8 Å². The van der Waals surface area contributed by atoms with E-state index in [2.05, 4.69) is 28.9 Å². The molecule has 0 spiro atoms. The summed E-state index contributed by atoms with van der Waals surface area (Å²) in [6.07, 6.45) is -0.397. The highest BCUT2D eigenvalue weighted by Gasteiger charge is 2.33. The lowest BCUT2D eigenvalue weighted by atomic mass is 10.0. The van der Waals surface area contributed by atoms with Crippen LogP contribution in [0.5, 0.6) is 5.75 Å². The Labute approximate surface area is 197 Å². The van der Waals surface area contributed by atoms with Gasteiger partial charge in [-0.05, 0) is 54.8 Å². The van der Waals surface area contributed by atoms with Crippen LogP contribution in [0.3, 0.4) is 0 Å². The number of nitrogens with zero attached hydrogens (tertiary/aromatic N) is 1. The highest BCUT2D eigenvalue weighted by molar-refractivity contribution is 9.10. The zero-order chi connectivity index (χ0) is 22.9. The third kappa shape index (κ3) is 5.25. The molecular weight excluding hydrogens is 470 g/mol. The number of fused-ring (bicyclic) bond motifs is 1. The molecule has 1 amide bonds. The van der Waals surface area contributed by atoms with Crippen molar-refractivity contribution in [3.8, 4) is 5.75 Å². The molecule has 1 atom stereocenters. The van der Waals surface area contributed by atoms with E-state index in [9.17, 15) is 4.79 Å². The van der Waals surface area contributed by atoms with Gasteiger partial charge < -0.3 is 14.2 Å². The Kier molecular flexibility index (Phi) is 6.45. The molecule has 0 bridgehead atoms. The molecular formula is C26H28BrNO4. The summed E-state index contributed by atoms with van der Waals surface area (Å²) in [4.78, 5) is 14.8. The van der Waals surface area contributed by atoms with Crippen molar-refractivity contribution in [3.63, 3.8) is 0 Å². The Balaban J connectivity index is 1.78. The topological polar surface area (TPSA) is 51.3 Å². The molecule has 3 aromatic carbocycles. The van der Waals surface area contributed by atoms with Crippen molar-refractivity contribution in [2.24, 2.45) is 0 Å². The fraction of sp³-hybridized carbons (Fsp3) is 0.346. The summed E-state index contributed by atoms with van der Waals surface area (Å²) in [5.41, 5.74) is 2.27. The van der Waals surface area contributed by atoms with Crippen molar-refractivity contribution < 1.29 is 19.0 Å². The monoisotopic (exact) mass is 497 g/mol. The van der Waals surface area contributed by atoms with Crippen molar-refractivity contribution in [2.75, 3.05) is 18.1 Å². The minimum atomic E-state index is -0.606. The van der Waals surface area contributed by atoms with Gasteiger partial charge in [0.05, 0.1) is 24.9 Å². The van der Waals surface area contributed by atoms with Crippen LogP contribution in [0.15, 0.2) is 59.1 Å². The molecule has 1 aliphatic rings. The van der Waals surface area contributed by atoms with E-state index in [1.807, 2.05) is 69.3 Å². The normalized spacial score (nSPS) is 15.5. The van der Waals surface area contributed by atoms with Gasteiger partial charge in [0.2, 0.25) is 0 Å². The number of anilines is 1. The van der Waals surface area contributed by atoms with Crippen LogP contribution >= 0.6 is 15.9 Å². The van der Waals surface area contributed by atoms with E-state index in [1.165, 1.54) is 0 Å². The van der Waals surface area contributed by atoms with Gasteiger partial charge in [-0.2, -0.15) is 0 Å². The second kappa shape index (κ2) is 9.12. The van der Waals surface area contributed by atoms with Crippen molar-refractivity contribution in [1.29, 1.82) is 0 Å². The summed E-state index contributed by atoms with van der Waals surface area (Å²) >= 11 is 3.78. The minimum absolute atomic E-state index is 0.00988. The third-order valence-electron chi connectivity index (χ3n) is 5.18. The van der Waals surface area contributed by atoms with E-state index in [-0.39, 0.29) is 6.10 Å². The number of ether oxygens (including phenoxy) is 3. The molecule has 3 aromatic rings. The second-order valence-electron chi connectivity index (χ2n) is 9.03. The standard InChI is InChI=1S/C26H28BrNO4/c1-17-9-8-12-20-22(31-15-18-10-6-5-7-11-18)13-21(24(27)23(17)20)28(14-19-16-30-19)25(29)32-26(2,3)4/h5-13,19H,14-16H2,1-4H3/t19-/m1/s1. The van der Waals surface area contributed by atoms with E-state index >= 15 is 0 Å². The molecule has 1 aliphatic heterocycles. The van der Waals surface area contributed by atoms with E-state index in [0.29, 0.717) is 25.4 Å². The fourth-order valence-corrected chi connectivity index (χ4v) is 4.43. The lowest BCUT2D eigenvalue weighted by molar-refractivity contribution is 0.0577. The van der Waals surface area contributed by atoms with Crippen molar-refractivity contribution in [3.05, 3.63) is 70.2 Å². The smallest absolute Gasteiger partial charge is 0.414 e. The van der Waals surface area contributed by atoms with Crippen LogP contribution in [0.4, 0.5) is 10.5 Å². The minimum Gasteiger partial charge on any atom is -0.488 e. The lowest BCUT2D eigenvalue weighted by Gasteiger charge is -2.29. The summed E-state index contributed by atoms with van der Waals surface area (Å²) in [7, 11) is 0. The Morgan fingerprint density at radius 3 is 2.53 bits per heavy atom. The Morgan fingerprint density at radius 1 is 1.16 bits per heavy atom. The van der Waals surface area contributed by atoms with Gasteiger partial charge >= 0.3 is 6.09 Å². The summed E-state index contributed by atoms with van der Waals surface area (Å²) in [6.45, 7) is 9.15. The molecule has 0 saturated carbocycles. The number of carbonyl (C=O) groups is 1. The first-order valence-corrected chi connectivity index (χ1v) is 11.5. The number of hydrogen-bond acceptors (Lipinski definition) is 4. The maximum absolute atomic E-state index is 13.2. The molecule has 0 unspecified atom stereocenters. The van der Waals surface area contributed by atoms with Gasteiger partial charge in [0.1, 0.15) is 18.0 Å². The number of hydrogen-bond donors (Lipinski definition) is 0. The van der Waals surface area contributed by atoms with Gasteiger partial charge in [-0.3, -0.25) is 4.90 Å². The molecule has 0 aliphatic carbocycles. The predicted octanol–water partition coefficient (Wildman–Crippen LogP) is 6.63. The van der Waals surface area contributed by atoms with Gasteiger partial charge in [-0.1, -0.05) is 48.5 Å². The predicted molar refractivity (Wildman–Crippen MR) is 130 cm³/mol. The maximum atomic E-state index is 13.2.